The highest BCUT2D eigenvalue weighted by Gasteiger charge is 2.35. The molecule has 1 heterocycles. The highest BCUT2D eigenvalue weighted by Crippen LogP contribution is 2.42. The second kappa shape index (κ2) is 5.69. The summed E-state index contributed by atoms with van der Waals surface area (Å²) in [6, 6.07) is 12.6. The Labute approximate surface area is 134 Å². The normalized spacial score (nSPS) is 22.0. The number of benzene rings is 2. The molecule has 118 valence electrons. The molecule has 1 aliphatic heterocycles. The van der Waals surface area contributed by atoms with Crippen molar-refractivity contribution >= 4 is 17.3 Å². The summed E-state index contributed by atoms with van der Waals surface area (Å²) in [6.07, 6.45) is 2.63. The van der Waals surface area contributed by atoms with Gasteiger partial charge < -0.3 is 10.6 Å². The van der Waals surface area contributed by atoms with Crippen LogP contribution in [0.2, 0.25) is 0 Å². The van der Waals surface area contributed by atoms with Crippen LogP contribution >= 0.6 is 0 Å². The monoisotopic (exact) mass is 310 g/mol. The van der Waals surface area contributed by atoms with Crippen molar-refractivity contribution in [2.24, 2.45) is 5.92 Å². The van der Waals surface area contributed by atoms with Gasteiger partial charge in [-0.05, 0) is 55.0 Å². The zero-order chi connectivity index (χ0) is 15.8. The van der Waals surface area contributed by atoms with E-state index in [1.807, 2.05) is 30.3 Å². The molecule has 2 aliphatic rings. The summed E-state index contributed by atoms with van der Waals surface area (Å²) in [5, 5.41) is 6.41. The van der Waals surface area contributed by atoms with Gasteiger partial charge in [-0.15, -0.1) is 0 Å². The van der Waals surface area contributed by atoms with Gasteiger partial charge in [-0.3, -0.25) is 4.79 Å². The molecule has 0 bridgehead atoms. The Morgan fingerprint density at radius 3 is 2.70 bits per heavy atom. The molecule has 2 aromatic carbocycles. The molecule has 23 heavy (non-hydrogen) atoms. The van der Waals surface area contributed by atoms with Crippen molar-refractivity contribution in [3.8, 4) is 0 Å². The largest absolute Gasteiger partial charge is 0.384 e. The molecule has 1 aliphatic carbocycles. The maximum atomic E-state index is 13.0. The van der Waals surface area contributed by atoms with Gasteiger partial charge in [0, 0.05) is 29.4 Å². The lowest BCUT2D eigenvalue weighted by Crippen LogP contribution is -2.33. The summed E-state index contributed by atoms with van der Waals surface area (Å²) in [6.45, 7) is 0.929. The zero-order valence-electron chi connectivity index (χ0n) is 12.8. The van der Waals surface area contributed by atoms with E-state index in [0.717, 1.165) is 42.7 Å². The quantitative estimate of drug-likeness (QED) is 0.902. The zero-order valence-corrected chi connectivity index (χ0v) is 12.8. The molecule has 4 heteroatoms. The first-order chi connectivity index (χ1) is 11.2. The number of hydrogen-bond acceptors (Lipinski definition) is 2. The van der Waals surface area contributed by atoms with Crippen molar-refractivity contribution in [1.82, 2.24) is 0 Å². The number of rotatable bonds is 3. The molecule has 2 aromatic rings. The Kier molecular flexibility index (Phi) is 3.52. The Hall–Kier alpha value is -2.36. The van der Waals surface area contributed by atoms with E-state index in [0.29, 0.717) is 5.92 Å². The van der Waals surface area contributed by atoms with Crippen LogP contribution in [0.5, 0.6) is 0 Å². The fourth-order valence-corrected chi connectivity index (χ4v) is 3.53. The fraction of sp³-hybridized carbons (Fsp3) is 0.316. The molecule has 0 atom stereocenters. The second-order valence-corrected chi connectivity index (χ2v) is 6.41. The first kappa shape index (κ1) is 14.2. The molecule has 3 nitrogen and oxygen atoms in total. The van der Waals surface area contributed by atoms with E-state index in [4.69, 9.17) is 0 Å². The predicted octanol–water partition coefficient (Wildman–Crippen LogP) is 3.93. The van der Waals surface area contributed by atoms with Gasteiger partial charge in [0.05, 0.1) is 0 Å². The van der Waals surface area contributed by atoms with E-state index in [9.17, 15) is 9.18 Å². The molecule has 1 saturated carbocycles. The average molecular weight is 310 g/mol. The SMILES string of the molecule is O=C(Nc1cccc2c1CCN2)C1CC(c2ccc(F)cc2)C1. The van der Waals surface area contributed by atoms with Crippen LogP contribution in [-0.2, 0) is 11.2 Å². The first-order valence-electron chi connectivity index (χ1n) is 8.13. The maximum absolute atomic E-state index is 13.0. The second-order valence-electron chi connectivity index (χ2n) is 6.41. The smallest absolute Gasteiger partial charge is 0.227 e. The van der Waals surface area contributed by atoms with Crippen LogP contribution in [0, 0.1) is 11.7 Å². The van der Waals surface area contributed by atoms with Crippen LogP contribution < -0.4 is 10.6 Å². The lowest BCUT2D eigenvalue weighted by atomic mass is 9.71. The number of hydrogen-bond donors (Lipinski definition) is 2. The van der Waals surface area contributed by atoms with Gasteiger partial charge in [0.15, 0.2) is 0 Å². The summed E-state index contributed by atoms with van der Waals surface area (Å²) in [7, 11) is 0. The molecule has 0 spiro atoms. The van der Waals surface area contributed by atoms with Gasteiger partial charge in [0.25, 0.3) is 0 Å². The first-order valence-corrected chi connectivity index (χ1v) is 8.13. The molecular formula is C19H19FN2O. The minimum Gasteiger partial charge on any atom is -0.384 e. The van der Waals surface area contributed by atoms with Gasteiger partial charge >= 0.3 is 0 Å². The third-order valence-corrected chi connectivity index (χ3v) is 4.97. The lowest BCUT2D eigenvalue weighted by Gasteiger charge is -2.34. The van der Waals surface area contributed by atoms with Crippen LogP contribution in [0.1, 0.15) is 29.9 Å². The maximum Gasteiger partial charge on any atom is 0.227 e. The Balaban J connectivity index is 1.38. The van der Waals surface area contributed by atoms with Crippen molar-refractivity contribution in [3.05, 3.63) is 59.4 Å². The summed E-state index contributed by atoms with van der Waals surface area (Å²) in [4.78, 5) is 12.4. The van der Waals surface area contributed by atoms with E-state index in [2.05, 4.69) is 10.6 Å². The van der Waals surface area contributed by atoms with Crippen molar-refractivity contribution in [2.75, 3.05) is 17.2 Å². The summed E-state index contributed by atoms with van der Waals surface area (Å²) in [5.74, 6) is 0.308. The standard InChI is InChI=1S/C19H19FN2O/c20-15-6-4-12(5-7-15)13-10-14(11-13)19(23)22-18-3-1-2-17-16(18)8-9-21-17/h1-7,13-14,21H,8-11H2,(H,22,23). The van der Waals surface area contributed by atoms with Crippen LogP contribution in [0.4, 0.5) is 15.8 Å². The number of halogens is 1. The lowest BCUT2D eigenvalue weighted by molar-refractivity contribution is -0.122. The molecule has 0 aromatic heterocycles. The van der Waals surface area contributed by atoms with Crippen LogP contribution in [-0.4, -0.2) is 12.5 Å². The Morgan fingerprint density at radius 1 is 1.13 bits per heavy atom. The van der Waals surface area contributed by atoms with E-state index in [-0.39, 0.29) is 17.6 Å². The third kappa shape index (κ3) is 2.69. The molecule has 0 radical (unpaired) electrons. The van der Waals surface area contributed by atoms with Crippen molar-refractivity contribution < 1.29 is 9.18 Å². The number of amides is 1. The predicted molar refractivity (Wildman–Crippen MR) is 89.1 cm³/mol. The summed E-state index contributed by atoms with van der Waals surface area (Å²) >= 11 is 0. The summed E-state index contributed by atoms with van der Waals surface area (Å²) in [5.41, 5.74) is 4.39. The van der Waals surface area contributed by atoms with Crippen LogP contribution in [0.15, 0.2) is 42.5 Å². The number of carbonyl (C=O) groups excluding carboxylic acids is 1. The van der Waals surface area contributed by atoms with Crippen LogP contribution in [0.25, 0.3) is 0 Å². The topological polar surface area (TPSA) is 41.1 Å². The van der Waals surface area contributed by atoms with Gasteiger partial charge in [-0.1, -0.05) is 18.2 Å². The van der Waals surface area contributed by atoms with Gasteiger partial charge in [0.1, 0.15) is 5.82 Å². The van der Waals surface area contributed by atoms with Crippen LogP contribution in [0.3, 0.4) is 0 Å². The summed E-state index contributed by atoms with van der Waals surface area (Å²) < 4.78 is 13.0. The van der Waals surface area contributed by atoms with Gasteiger partial charge in [-0.25, -0.2) is 4.39 Å². The van der Waals surface area contributed by atoms with E-state index < -0.39 is 0 Å². The number of nitrogens with one attached hydrogen (secondary N) is 2. The third-order valence-electron chi connectivity index (χ3n) is 4.97. The number of carbonyl (C=O) groups is 1. The highest BCUT2D eigenvalue weighted by molar-refractivity contribution is 5.95. The molecule has 1 amide bonds. The van der Waals surface area contributed by atoms with E-state index in [1.54, 1.807) is 0 Å². The molecule has 1 fully saturated rings. The number of anilines is 2. The molecule has 4 rings (SSSR count). The minimum absolute atomic E-state index is 0.0512. The molecule has 0 saturated heterocycles. The number of fused-ring (bicyclic) bond motifs is 1. The Bertz CT molecular complexity index is 736. The molecular weight excluding hydrogens is 291 g/mol. The van der Waals surface area contributed by atoms with E-state index in [1.165, 1.54) is 17.7 Å². The Morgan fingerprint density at radius 2 is 1.91 bits per heavy atom. The van der Waals surface area contributed by atoms with Crippen molar-refractivity contribution in [1.29, 1.82) is 0 Å². The molecule has 0 unspecified atom stereocenters. The molecule has 2 N–H and O–H groups in total. The van der Waals surface area contributed by atoms with Crippen molar-refractivity contribution in [2.45, 2.75) is 25.2 Å². The fourth-order valence-electron chi connectivity index (χ4n) is 3.53. The van der Waals surface area contributed by atoms with Crippen molar-refractivity contribution in [3.63, 3.8) is 0 Å². The minimum atomic E-state index is -0.214. The average Bonchev–Trinajstić information content (AvgIpc) is 2.97. The van der Waals surface area contributed by atoms with Gasteiger partial charge in [0.2, 0.25) is 5.91 Å². The highest BCUT2D eigenvalue weighted by atomic mass is 19.1. The van der Waals surface area contributed by atoms with Gasteiger partial charge in [-0.2, -0.15) is 0 Å². The van der Waals surface area contributed by atoms with E-state index >= 15 is 0 Å².